The van der Waals surface area contributed by atoms with E-state index in [2.05, 4.69) is 27.7 Å². The Hall–Kier alpha value is 0.372. The third-order valence-electron chi connectivity index (χ3n) is 4.28. The van der Waals surface area contributed by atoms with Crippen LogP contribution in [0.1, 0.15) is 105 Å². The van der Waals surface area contributed by atoms with Crippen LogP contribution in [-0.2, 0) is 15.2 Å². The van der Waals surface area contributed by atoms with Gasteiger partial charge in [0, 0.05) is 0 Å². The number of rotatable bonds is 20. The molecule has 0 atom stereocenters. The fraction of sp³-hybridized carbons (Fsp3) is 1.00. The van der Waals surface area contributed by atoms with Crippen LogP contribution in [0.25, 0.3) is 0 Å². The minimum atomic E-state index is -3.33. The van der Waals surface area contributed by atoms with Crippen molar-refractivity contribution in [2.24, 2.45) is 0 Å². The van der Waals surface area contributed by atoms with Gasteiger partial charge in [0.25, 0.3) is 0 Å². The van der Waals surface area contributed by atoms with Gasteiger partial charge < -0.3 is 15.2 Å². The van der Waals surface area contributed by atoms with Crippen LogP contribution in [0.3, 0.4) is 0 Å². The minimum Gasteiger partial charge on any atom is -0.587 e. The van der Waals surface area contributed by atoms with Gasteiger partial charge in [0.15, 0.2) is 0 Å². The Kier molecular flexibility index (Phi) is 19.4. The van der Waals surface area contributed by atoms with Crippen LogP contribution in [0.5, 0.6) is 0 Å². The summed E-state index contributed by atoms with van der Waals surface area (Å²) < 4.78 is 24.7. The van der Waals surface area contributed by atoms with E-state index in [-0.39, 0.29) is 0 Å². The molecule has 0 saturated heterocycles. The van der Waals surface area contributed by atoms with Crippen LogP contribution in [0.2, 0.25) is 0 Å². The Labute approximate surface area is 161 Å². The molecule has 0 N–H and O–H groups in total. The fourth-order valence-corrected chi connectivity index (χ4v) is 5.01. The molecule has 0 aliphatic rings. The summed E-state index contributed by atoms with van der Waals surface area (Å²) in [5.74, 6) is 0. The van der Waals surface area contributed by atoms with Gasteiger partial charge in [0.05, 0.1) is 0 Å². The van der Waals surface area contributed by atoms with Gasteiger partial charge >= 0.3 is 14.4 Å². The lowest BCUT2D eigenvalue weighted by Gasteiger charge is -2.37. The zero-order valence-corrected chi connectivity index (χ0v) is 18.7. The first kappa shape index (κ1) is 25.4. The highest BCUT2D eigenvalue weighted by molar-refractivity contribution is 6.53. The third kappa shape index (κ3) is 15.2. The van der Waals surface area contributed by atoms with E-state index in [1.807, 2.05) is 0 Å². The molecular weight excluding hydrogens is 331 g/mol. The van der Waals surface area contributed by atoms with Gasteiger partial charge in [-0.25, -0.2) is 0 Å². The van der Waals surface area contributed by atoms with Crippen LogP contribution in [0, 0.1) is 0 Å². The van der Waals surface area contributed by atoms with Crippen molar-refractivity contribution in [2.75, 3.05) is 26.4 Å². The Morgan fingerprint density at radius 3 is 0.840 bits per heavy atom. The summed E-state index contributed by atoms with van der Waals surface area (Å²) in [5.41, 5.74) is 0. The number of unbranched alkanes of at least 4 members (excludes halogenated alkanes) is 8. The van der Waals surface area contributed by atoms with Crippen LogP contribution < -0.4 is 0 Å². The van der Waals surface area contributed by atoms with Gasteiger partial charge in [-0.15, -0.1) is 0 Å². The molecule has 0 aromatic heterocycles. The highest BCUT2D eigenvalue weighted by Gasteiger charge is 2.46. The van der Waals surface area contributed by atoms with Crippen molar-refractivity contribution in [3.05, 3.63) is 0 Å². The molecule has 0 fully saturated rings. The van der Waals surface area contributed by atoms with Crippen molar-refractivity contribution in [2.45, 2.75) is 105 Å². The van der Waals surface area contributed by atoms with E-state index in [0.717, 1.165) is 25.7 Å². The second kappa shape index (κ2) is 19.1. The van der Waals surface area contributed by atoms with E-state index in [1.165, 1.54) is 51.4 Å². The largest absolute Gasteiger partial charge is 0.875 e. The summed E-state index contributed by atoms with van der Waals surface area (Å²) >= 11 is -3.33. The van der Waals surface area contributed by atoms with Crippen LogP contribution >= 0.6 is 0 Å². The lowest BCUT2D eigenvalue weighted by Crippen LogP contribution is -2.50. The second-order valence-electron chi connectivity index (χ2n) is 6.89. The second-order valence-corrected chi connectivity index (χ2v) is 9.38. The molecule has 0 aliphatic carbocycles. The van der Waals surface area contributed by atoms with E-state index in [9.17, 15) is 0 Å². The predicted molar refractivity (Wildman–Crippen MR) is 108 cm³/mol. The van der Waals surface area contributed by atoms with Crippen LogP contribution in [-0.4, -0.2) is 40.8 Å². The highest BCUT2D eigenvalue weighted by atomic mass is 27.3. The maximum absolute atomic E-state index is 6.17. The molecule has 152 valence electrons. The molecule has 0 heterocycles. The van der Waals surface area contributed by atoms with E-state index in [0.29, 0.717) is 26.4 Å². The molecule has 0 aromatic rings. The maximum Gasteiger partial charge on any atom is 0.875 e. The molecule has 0 unspecified atom stereocenters. The van der Waals surface area contributed by atoms with Gasteiger partial charge in [-0.1, -0.05) is 79.1 Å². The molecule has 0 radical (unpaired) electrons. The first-order valence-electron chi connectivity index (χ1n) is 10.9. The van der Waals surface area contributed by atoms with E-state index >= 15 is 0 Å². The number of hydrogen-bond donors (Lipinski definition) is 0. The van der Waals surface area contributed by atoms with E-state index in [4.69, 9.17) is 15.2 Å². The van der Waals surface area contributed by atoms with Crippen LogP contribution in [0.4, 0.5) is 0 Å². The fourth-order valence-electron chi connectivity index (χ4n) is 2.61. The van der Waals surface area contributed by atoms with Crippen molar-refractivity contribution >= 4 is 14.4 Å². The maximum atomic E-state index is 6.17. The standard InChI is InChI=1S/4C5H11O.Al/c4*1-2-3-4-5-6;/h4*2-5H2,1H3;/q4*-1;+3. The van der Waals surface area contributed by atoms with Crippen molar-refractivity contribution in [1.82, 2.24) is 0 Å². The molecule has 25 heavy (non-hydrogen) atoms. The van der Waals surface area contributed by atoms with Gasteiger partial charge in [-0.05, 0) is 52.1 Å². The first-order valence-corrected chi connectivity index (χ1v) is 12.8. The Morgan fingerprint density at radius 2 is 0.640 bits per heavy atom. The lowest BCUT2D eigenvalue weighted by atomic mass is 10.3. The van der Waals surface area contributed by atoms with Gasteiger partial charge in [0.2, 0.25) is 0 Å². The molecule has 4 nitrogen and oxygen atoms in total. The third-order valence-corrected chi connectivity index (χ3v) is 6.86. The molecule has 0 amide bonds. The normalized spacial score (nSPS) is 12.0. The molecular formula is C20H44AlO4-. The average Bonchev–Trinajstić information content (AvgIpc) is 2.63. The predicted octanol–water partition coefficient (Wildman–Crippen LogP) is 6.25. The Bertz CT molecular complexity index is 211. The van der Waals surface area contributed by atoms with Crippen molar-refractivity contribution in [1.29, 1.82) is 0 Å². The van der Waals surface area contributed by atoms with Gasteiger partial charge in [-0.3, -0.25) is 0 Å². The minimum absolute atomic E-state index is 0.688. The Morgan fingerprint density at radius 1 is 0.400 bits per heavy atom. The zero-order chi connectivity index (χ0) is 18.6. The lowest BCUT2D eigenvalue weighted by molar-refractivity contribution is -0.0374. The van der Waals surface area contributed by atoms with Crippen molar-refractivity contribution < 1.29 is 15.2 Å². The molecule has 0 saturated carbocycles. The summed E-state index contributed by atoms with van der Waals surface area (Å²) in [6.07, 6.45) is 13.7. The average molecular weight is 376 g/mol. The van der Waals surface area contributed by atoms with Crippen LogP contribution in [0.15, 0.2) is 0 Å². The summed E-state index contributed by atoms with van der Waals surface area (Å²) in [6, 6.07) is 0. The molecule has 0 rings (SSSR count). The van der Waals surface area contributed by atoms with Crippen molar-refractivity contribution in [3.8, 4) is 0 Å². The Balaban J connectivity index is 4.62. The van der Waals surface area contributed by atoms with Gasteiger partial charge in [0.1, 0.15) is 0 Å². The molecule has 0 bridgehead atoms. The van der Waals surface area contributed by atoms with E-state index < -0.39 is 14.4 Å². The molecule has 0 aromatic carbocycles. The topological polar surface area (TPSA) is 36.9 Å². The molecule has 5 heteroatoms. The summed E-state index contributed by atoms with van der Waals surface area (Å²) in [5, 5.41) is 0. The smallest absolute Gasteiger partial charge is 0.587 e. The monoisotopic (exact) mass is 375 g/mol. The summed E-state index contributed by atoms with van der Waals surface area (Å²) in [6.45, 7) is 11.6. The van der Waals surface area contributed by atoms with Crippen molar-refractivity contribution in [3.63, 3.8) is 0 Å². The summed E-state index contributed by atoms with van der Waals surface area (Å²) in [4.78, 5) is 0. The summed E-state index contributed by atoms with van der Waals surface area (Å²) in [7, 11) is 0. The number of hydrogen-bond acceptors (Lipinski definition) is 4. The molecule has 0 aliphatic heterocycles. The first-order chi connectivity index (χ1) is 12.2. The zero-order valence-electron chi connectivity index (χ0n) is 17.5. The quantitative estimate of drug-likeness (QED) is 0.186. The highest BCUT2D eigenvalue weighted by Crippen LogP contribution is 2.17. The SMILES string of the molecule is CCCCC[O][Al-]([O]CCCCC)([O]CCCCC)[O]CCCCC. The molecule has 0 spiro atoms. The van der Waals surface area contributed by atoms with Gasteiger partial charge in [-0.2, -0.15) is 0 Å². The van der Waals surface area contributed by atoms with E-state index in [1.54, 1.807) is 0 Å².